The molecule has 0 aliphatic carbocycles. The molecule has 0 saturated carbocycles. The standard InChI is InChI=1S/C14H16N2O2/c1-10-8-12(11(2)15(10)3)13(17)9-16-7-5-4-6-14(16)18/h4-8H,9H2,1-3H3. The van der Waals surface area contributed by atoms with Crippen molar-refractivity contribution < 1.29 is 4.79 Å². The fourth-order valence-corrected chi connectivity index (χ4v) is 1.97. The Bertz CT molecular complexity index is 650. The first-order valence-electron chi connectivity index (χ1n) is 5.82. The van der Waals surface area contributed by atoms with Gasteiger partial charge in [0.25, 0.3) is 5.56 Å². The van der Waals surface area contributed by atoms with E-state index in [2.05, 4.69) is 0 Å². The van der Waals surface area contributed by atoms with E-state index < -0.39 is 0 Å². The highest BCUT2D eigenvalue weighted by Gasteiger charge is 2.14. The molecule has 0 atom stereocenters. The summed E-state index contributed by atoms with van der Waals surface area (Å²) in [7, 11) is 1.93. The Morgan fingerprint density at radius 1 is 1.28 bits per heavy atom. The molecular weight excluding hydrogens is 228 g/mol. The molecule has 0 unspecified atom stereocenters. The van der Waals surface area contributed by atoms with Gasteiger partial charge in [-0.05, 0) is 26.0 Å². The van der Waals surface area contributed by atoms with E-state index >= 15 is 0 Å². The minimum Gasteiger partial charge on any atom is -0.351 e. The molecule has 2 rings (SSSR count). The van der Waals surface area contributed by atoms with Gasteiger partial charge in [-0.25, -0.2) is 0 Å². The molecule has 4 heteroatoms. The molecule has 0 radical (unpaired) electrons. The van der Waals surface area contributed by atoms with Gasteiger partial charge in [-0.15, -0.1) is 0 Å². The third-order valence-electron chi connectivity index (χ3n) is 3.29. The zero-order chi connectivity index (χ0) is 13.3. The zero-order valence-electron chi connectivity index (χ0n) is 10.8. The number of aromatic nitrogens is 2. The fourth-order valence-electron chi connectivity index (χ4n) is 1.97. The highest BCUT2D eigenvalue weighted by atomic mass is 16.1. The highest BCUT2D eigenvalue weighted by molar-refractivity contribution is 5.97. The van der Waals surface area contributed by atoms with E-state index in [-0.39, 0.29) is 17.9 Å². The summed E-state index contributed by atoms with van der Waals surface area (Å²) in [6, 6.07) is 6.74. The largest absolute Gasteiger partial charge is 0.351 e. The topological polar surface area (TPSA) is 44.0 Å². The summed E-state index contributed by atoms with van der Waals surface area (Å²) >= 11 is 0. The first-order valence-corrected chi connectivity index (χ1v) is 5.82. The van der Waals surface area contributed by atoms with Gasteiger partial charge < -0.3 is 9.13 Å². The zero-order valence-corrected chi connectivity index (χ0v) is 10.8. The van der Waals surface area contributed by atoms with Gasteiger partial charge >= 0.3 is 0 Å². The number of aryl methyl sites for hydroxylation is 1. The number of carbonyl (C=O) groups is 1. The summed E-state index contributed by atoms with van der Waals surface area (Å²) in [5.74, 6) is -0.0375. The average Bonchev–Trinajstić information content (AvgIpc) is 2.60. The van der Waals surface area contributed by atoms with Gasteiger partial charge in [0.2, 0.25) is 0 Å². The van der Waals surface area contributed by atoms with Crippen LogP contribution in [0.5, 0.6) is 0 Å². The van der Waals surface area contributed by atoms with Crippen LogP contribution in [0, 0.1) is 13.8 Å². The van der Waals surface area contributed by atoms with Crippen LogP contribution in [0.1, 0.15) is 21.7 Å². The molecule has 0 saturated heterocycles. The first kappa shape index (κ1) is 12.4. The van der Waals surface area contributed by atoms with E-state index in [1.165, 1.54) is 10.6 Å². The summed E-state index contributed by atoms with van der Waals surface area (Å²) in [4.78, 5) is 23.7. The van der Waals surface area contributed by atoms with E-state index in [0.717, 1.165) is 11.4 Å². The number of hydrogen-bond donors (Lipinski definition) is 0. The molecule has 4 nitrogen and oxygen atoms in total. The van der Waals surface area contributed by atoms with Crippen LogP contribution in [0.25, 0.3) is 0 Å². The third-order valence-corrected chi connectivity index (χ3v) is 3.29. The highest BCUT2D eigenvalue weighted by Crippen LogP contribution is 2.14. The molecule has 0 aliphatic rings. The number of Topliss-reactive ketones (excluding diaryl/α,β-unsaturated/α-hetero) is 1. The van der Waals surface area contributed by atoms with Crippen molar-refractivity contribution in [3.8, 4) is 0 Å². The van der Waals surface area contributed by atoms with E-state index in [1.54, 1.807) is 18.3 Å². The average molecular weight is 244 g/mol. The summed E-state index contributed by atoms with van der Waals surface area (Å²) in [6.07, 6.45) is 1.63. The lowest BCUT2D eigenvalue weighted by atomic mass is 10.1. The van der Waals surface area contributed by atoms with Gasteiger partial charge in [-0.2, -0.15) is 0 Å². The molecule has 2 aromatic heterocycles. The summed E-state index contributed by atoms with van der Waals surface area (Å²) in [5.41, 5.74) is 2.50. The Kier molecular flexibility index (Phi) is 3.19. The van der Waals surface area contributed by atoms with Gasteiger partial charge in [0.05, 0.1) is 6.54 Å². The summed E-state index contributed by atoms with van der Waals surface area (Å²) in [6.45, 7) is 3.95. The van der Waals surface area contributed by atoms with Crippen molar-refractivity contribution >= 4 is 5.78 Å². The molecule has 0 bridgehead atoms. The maximum atomic E-state index is 12.2. The predicted octanol–water partition coefficient (Wildman–Crippen LogP) is 1.69. The normalized spacial score (nSPS) is 10.6. The van der Waals surface area contributed by atoms with Crippen LogP contribution >= 0.6 is 0 Å². The minimum absolute atomic E-state index is 0.0375. The molecule has 18 heavy (non-hydrogen) atoms. The monoisotopic (exact) mass is 244 g/mol. The number of ketones is 1. The molecule has 2 heterocycles. The van der Waals surface area contributed by atoms with Gasteiger partial charge in [0.1, 0.15) is 0 Å². The van der Waals surface area contributed by atoms with E-state index in [1.807, 2.05) is 31.5 Å². The van der Waals surface area contributed by atoms with E-state index in [9.17, 15) is 9.59 Å². The Morgan fingerprint density at radius 2 is 2.00 bits per heavy atom. The number of rotatable bonds is 3. The molecule has 0 aliphatic heterocycles. The lowest BCUT2D eigenvalue weighted by Gasteiger charge is -2.04. The van der Waals surface area contributed by atoms with Crippen LogP contribution in [0.3, 0.4) is 0 Å². The second-order valence-corrected chi connectivity index (χ2v) is 4.43. The smallest absolute Gasteiger partial charge is 0.250 e. The summed E-state index contributed by atoms with van der Waals surface area (Å²) in [5, 5.41) is 0. The SMILES string of the molecule is Cc1cc(C(=O)Cn2ccccc2=O)c(C)n1C. The quantitative estimate of drug-likeness (QED) is 0.771. The number of pyridine rings is 1. The maximum absolute atomic E-state index is 12.2. The molecular formula is C14H16N2O2. The molecule has 94 valence electrons. The van der Waals surface area contributed by atoms with Crippen molar-refractivity contribution in [3.63, 3.8) is 0 Å². The van der Waals surface area contributed by atoms with Crippen molar-refractivity contribution in [2.24, 2.45) is 7.05 Å². The van der Waals surface area contributed by atoms with Gasteiger partial charge in [0, 0.05) is 36.3 Å². The Hall–Kier alpha value is -2.10. The van der Waals surface area contributed by atoms with Crippen molar-refractivity contribution in [3.05, 3.63) is 57.8 Å². The van der Waals surface area contributed by atoms with E-state index in [0.29, 0.717) is 5.56 Å². The van der Waals surface area contributed by atoms with Crippen LogP contribution in [0.4, 0.5) is 0 Å². The van der Waals surface area contributed by atoms with Crippen molar-refractivity contribution in [1.82, 2.24) is 9.13 Å². The lowest BCUT2D eigenvalue weighted by Crippen LogP contribution is -2.22. The van der Waals surface area contributed by atoms with Gasteiger partial charge in [0.15, 0.2) is 5.78 Å². The molecule has 0 amide bonds. The summed E-state index contributed by atoms with van der Waals surface area (Å²) < 4.78 is 3.39. The number of carbonyl (C=O) groups excluding carboxylic acids is 1. The molecule has 2 aromatic rings. The Labute approximate surface area is 105 Å². The second-order valence-electron chi connectivity index (χ2n) is 4.43. The predicted molar refractivity (Wildman–Crippen MR) is 69.9 cm³/mol. The molecule has 0 spiro atoms. The third kappa shape index (κ3) is 2.14. The van der Waals surface area contributed by atoms with E-state index in [4.69, 9.17) is 0 Å². The van der Waals surface area contributed by atoms with Crippen molar-refractivity contribution in [2.75, 3.05) is 0 Å². The minimum atomic E-state index is -0.156. The Morgan fingerprint density at radius 3 is 2.56 bits per heavy atom. The van der Waals surface area contributed by atoms with Crippen LogP contribution < -0.4 is 5.56 Å². The second kappa shape index (κ2) is 4.64. The Balaban J connectivity index is 2.31. The first-order chi connectivity index (χ1) is 8.50. The molecule has 0 N–H and O–H groups in total. The van der Waals surface area contributed by atoms with Crippen LogP contribution in [-0.2, 0) is 13.6 Å². The van der Waals surface area contributed by atoms with Crippen LogP contribution in [0.15, 0.2) is 35.3 Å². The maximum Gasteiger partial charge on any atom is 0.250 e. The van der Waals surface area contributed by atoms with Crippen molar-refractivity contribution in [2.45, 2.75) is 20.4 Å². The number of hydrogen-bond acceptors (Lipinski definition) is 2. The van der Waals surface area contributed by atoms with Crippen molar-refractivity contribution in [1.29, 1.82) is 0 Å². The lowest BCUT2D eigenvalue weighted by molar-refractivity contribution is 0.0970. The molecule has 0 aromatic carbocycles. The van der Waals surface area contributed by atoms with Crippen LogP contribution in [0.2, 0.25) is 0 Å². The fraction of sp³-hybridized carbons (Fsp3) is 0.286. The number of nitrogens with zero attached hydrogens (tertiary/aromatic N) is 2. The van der Waals surface area contributed by atoms with Gasteiger partial charge in [-0.1, -0.05) is 6.07 Å². The molecule has 0 fully saturated rings. The van der Waals surface area contributed by atoms with Crippen LogP contribution in [-0.4, -0.2) is 14.9 Å². The van der Waals surface area contributed by atoms with Gasteiger partial charge in [-0.3, -0.25) is 9.59 Å².